The first kappa shape index (κ1) is 19.4. The third kappa shape index (κ3) is 6.70. The van der Waals surface area contributed by atoms with Gasteiger partial charge in [0.1, 0.15) is 6.61 Å². The zero-order valence-corrected chi connectivity index (χ0v) is 15.8. The lowest BCUT2D eigenvalue weighted by atomic mass is 9.86. The van der Waals surface area contributed by atoms with E-state index in [4.69, 9.17) is 9.47 Å². The number of carbonyl (C=O) groups excluding carboxylic acids is 1. The molecular formula is C22H28N2O3. The van der Waals surface area contributed by atoms with E-state index < -0.39 is 0 Å². The van der Waals surface area contributed by atoms with Gasteiger partial charge in [-0.25, -0.2) is 4.79 Å². The fourth-order valence-electron chi connectivity index (χ4n) is 3.18. The molecule has 3 rings (SSSR count). The van der Waals surface area contributed by atoms with E-state index in [-0.39, 0.29) is 18.2 Å². The first-order chi connectivity index (χ1) is 13.2. The third-order valence-corrected chi connectivity index (χ3v) is 4.67. The van der Waals surface area contributed by atoms with Crippen LogP contribution in [0.25, 0.3) is 0 Å². The van der Waals surface area contributed by atoms with Crippen LogP contribution in [0.15, 0.2) is 60.7 Å². The molecular weight excluding hydrogens is 340 g/mol. The van der Waals surface area contributed by atoms with Crippen molar-refractivity contribution in [2.24, 2.45) is 0 Å². The van der Waals surface area contributed by atoms with Crippen molar-refractivity contribution in [1.29, 1.82) is 0 Å². The second-order valence-electron chi connectivity index (χ2n) is 7.14. The van der Waals surface area contributed by atoms with Gasteiger partial charge in [0.05, 0.1) is 13.2 Å². The summed E-state index contributed by atoms with van der Waals surface area (Å²) in [5, 5.41) is 6.47. The van der Waals surface area contributed by atoms with E-state index in [2.05, 4.69) is 29.7 Å². The Kier molecular flexibility index (Phi) is 7.25. The molecule has 0 aliphatic heterocycles. The maximum absolute atomic E-state index is 11.9. The molecule has 5 nitrogen and oxygen atoms in total. The highest BCUT2D eigenvalue weighted by atomic mass is 16.5. The lowest BCUT2D eigenvalue weighted by molar-refractivity contribution is 0.0897. The van der Waals surface area contributed by atoms with Gasteiger partial charge in [0.25, 0.3) is 0 Å². The van der Waals surface area contributed by atoms with Crippen molar-refractivity contribution in [3.8, 4) is 0 Å². The molecule has 1 unspecified atom stereocenters. The molecule has 2 aromatic rings. The van der Waals surface area contributed by atoms with E-state index in [1.807, 2.05) is 48.5 Å². The Bertz CT molecular complexity index is 687. The smallest absolute Gasteiger partial charge is 0.407 e. The Morgan fingerprint density at radius 3 is 2.19 bits per heavy atom. The number of ether oxygens (including phenoxy) is 2. The van der Waals surface area contributed by atoms with E-state index in [1.165, 1.54) is 5.56 Å². The van der Waals surface area contributed by atoms with E-state index in [1.54, 1.807) is 0 Å². The van der Waals surface area contributed by atoms with Crippen LogP contribution in [-0.4, -0.2) is 30.8 Å². The van der Waals surface area contributed by atoms with E-state index in [0.29, 0.717) is 25.9 Å². The van der Waals surface area contributed by atoms with Gasteiger partial charge < -0.3 is 20.1 Å². The quantitative estimate of drug-likeness (QED) is 0.709. The van der Waals surface area contributed by atoms with Crippen LogP contribution >= 0.6 is 0 Å². The van der Waals surface area contributed by atoms with Crippen LogP contribution in [0.2, 0.25) is 0 Å². The van der Waals surface area contributed by atoms with E-state index in [0.717, 1.165) is 18.4 Å². The molecule has 2 aromatic carbocycles. The monoisotopic (exact) mass is 368 g/mol. The summed E-state index contributed by atoms with van der Waals surface area (Å²) in [4.78, 5) is 11.9. The van der Waals surface area contributed by atoms with Crippen molar-refractivity contribution in [1.82, 2.24) is 10.6 Å². The summed E-state index contributed by atoms with van der Waals surface area (Å²) in [7, 11) is 0. The molecule has 0 radical (unpaired) electrons. The molecule has 0 heterocycles. The number of carbonyl (C=O) groups is 1. The van der Waals surface area contributed by atoms with Crippen LogP contribution in [-0.2, 0) is 22.7 Å². The van der Waals surface area contributed by atoms with Crippen molar-refractivity contribution in [2.45, 2.75) is 51.1 Å². The summed E-state index contributed by atoms with van der Waals surface area (Å²) in [6, 6.07) is 20.8. The average molecular weight is 368 g/mol. The number of hydrogen-bond acceptors (Lipinski definition) is 4. The van der Waals surface area contributed by atoms with Gasteiger partial charge in [0.15, 0.2) is 0 Å². The topological polar surface area (TPSA) is 59.6 Å². The van der Waals surface area contributed by atoms with Gasteiger partial charge in [0, 0.05) is 18.1 Å². The van der Waals surface area contributed by atoms with Crippen LogP contribution in [0.4, 0.5) is 4.79 Å². The van der Waals surface area contributed by atoms with Gasteiger partial charge in [-0.15, -0.1) is 0 Å². The normalized spacial score (nSPS) is 19.7. The molecule has 144 valence electrons. The van der Waals surface area contributed by atoms with Gasteiger partial charge in [-0.3, -0.25) is 0 Å². The molecule has 0 bridgehead atoms. The predicted octanol–water partition coefficient (Wildman–Crippen LogP) is 3.64. The molecule has 0 spiro atoms. The molecule has 1 fully saturated rings. The minimum absolute atomic E-state index is 0.184. The molecule has 2 N–H and O–H groups in total. The van der Waals surface area contributed by atoms with Gasteiger partial charge in [-0.05, 0) is 30.9 Å². The lowest BCUT2D eigenvalue weighted by Crippen LogP contribution is -2.54. The molecule has 5 heteroatoms. The summed E-state index contributed by atoms with van der Waals surface area (Å²) < 4.78 is 11.0. The van der Waals surface area contributed by atoms with Crippen molar-refractivity contribution in [3.05, 3.63) is 71.8 Å². The molecule has 1 aliphatic rings. The van der Waals surface area contributed by atoms with Crippen LogP contribution in [0, 0.1) is 0 Å². The molecule has 1 amide bonds. The fourth-order valence-corrected chi connectivity index (χ4v) is 3.18. The van der Waals surface area contributed by atoms with Crippen molar-refractivity contribution < 1.29 is 14.3 Å². The second kappa shape index (κ2) is 10.1. The largest absolute Gasteiger partial charge is 0.445 e. The fraction of sp³-hybridized carbons (Fsp3) is 0.409. The minimum atomic E-state index is -0.346. The Morgan fingerprint density at radius 1 is 0.963 bits per heavy atom. The maximum Gasteiger partial charge on any atom is 0.407 e. The van der Waals surface area contributed by atoms with Crippen molar-refractivity contribution in [2.75, 3.05) is 6.61 Å². The third-order valence-electron chi connectivity index (χ3n) is 4.67. The number of benzene rings is 2. The average Bonchev–Trinajstić information content (AvgIpc) is 2.66. The zero-order chi connectivity index (χ0) is 18.9. The van der Waals surface area contributed by atoms with Crippen LogP contribution in [0.3, 0.4) is 0 Å². The van der Waals surface area contributed by atoms with Gasteiger partial charge in [-0.2, -0.15) is 0 Å². The molecule has 0 aromatic heterocycles. The Hall–Kier alpha value is -2.37. The summed E-state index contributed by atoms with van der Waals surface area (Å²) in [6.45, 7) is 3.73. The summed E-state index contributed by atoms with van der Waals surface area (Å²) in [5.41, 5.74) is 2.18. The van der Waals surface area contributed by atoms with Crippen molar-refractivity contribution >= 4 is 6.09 Å². The molecule has 0 saturated heterocycles. The van der Waals surface area contributed by atoms with Crippen LogP contribution < -0.4 is 10.6 Å². The summed E-state index contributed by atoms with van der Waals surface area (Å²) in [5.74, 6) is 0. The number of rotatable bonds is 9. The first-order valence-corrected chi connectivity index (χ1v) is 9.54. The zero-order valence-electron chi connectivity index (χ0n) is 15.8. The number of hydrogen-bond donors (Lipinski definition) is 2. The predicted molar refractivity (Wildman–Crippen MR) is 105 cm³/mol. The highest BCUT2D eigenvalue weighted by Gasteiger charge is 2.31. The van der Waals surface area contributed by atoms with Crippen LogP contribution in [0.5, 0.6) is 0 Å². The molecule has 1 aliphatic carbocycles. The number of nitrogens with one attached hydrogen (secondary N) is 2. The van der Waals surface area contributed by atoms with E-state index in [9.17, 15) is 4.79 Å². The Morgan fingerprint density at radius 2 is 1.56 bits per heavy atom. The second-order valence-corrected chi connectivity index (χ2v) is 7.14. The first-order valence-electron chi connectivity index (χ1n) is 9.54. The number of amides is 1. The van der Waals surface area contributed by atoms with Gasteiger partial charge >= 0.3 is 6.09 Å². The highest BCUT2D eigenvalue weighted by molar-refractivity contribution is 5.67. The maximum atomic E-state index is 11.9. The Balaban J connectivity index is 1.24. The van der Waals surface area contributed by atoms with Crippen molar-refractivity contribution in [3.63, 3.8) is 0 Å². The van der Waals surface area contributed by atoms with Gasteiger partial charge in [-0.1, -0.05) is 60.7 Å². The minimum Gasteiger partial charge on any atom is -0.445 e. The van der Waals surface area contributed by atoms with E-state index >= 15 is 0 Å². The molecule has 1 saturated carbocycles. The SMILES string of the molecule is CC(COCc1ccccc1)NC1CC(NC(=O)OCc2ccccc2)C1. The lowest BCUT2D eigenvalue weighted by Gasteiger charge is -2.37. The number of alkyl carbamates (subject to hydrolysis) is 1. The summed E-state index contributed by atoms with van der Waals surface area (Å²) in [6.07, 6.45) is 1.49. The van der Waals surface area contributed by atoms with Gasteiger partial charge in [0.2, 0.25) is 0 Å². The molecule has 27 heavy (non-hydrogen) atoms. The highest BCUT2D eigenvalue weighted by Crippen LogP contribution is 2.20. The summed E-state index contributed by atoms with van der Waals surface area (Å²) >= 11 is 0. The van der Waals surface area contributed by atoms with Crippen LogP contribution in [0.1, 0.15) is 30.9 Å². The standard InChI is InChI=1S/C22H28N2O3/c1-17(14-26-15-18-8-4-2-5-9-18)23-20-12-21(13-20)24-22(25)27-16-19-10-6-3-7-11-19/h2-11,17,20-21,23H,12-16H2,1H3,(H,24,25). The molecule has 1 atom stereocenters. The Labute approximate surface area is 161 Å².